The SMILES string of the molecule is CC1CC(C)CC(C(=O)O)(N(C)C=O)C1. The second-order valence-electron chi connectivity index (χ2n) is 4.91. The van der Waals surface area contributed by atoms with Gasteiger partial charge < -0.3 is 10.0 Å². The highest BCUT2D eigenvalue weighted by Gasteiger charge is 2.47. The van der Waals surface area contributed by atoms with Crippen LogP contribution in [0, 0.1) is 11.8 Å². The molecule has 0 aliphatic heterocycles. The molecule has 0 aromatic heterocycles. The van der Waals surface area contributed by atoms with Crippen LogP contribution in [0.3, 0.4) is 0 Å². The van der Waals surface area contributed by atoms with Crippen molar-refractivity contribution in [3.8, 4) is 0 Å². The molecule has 0 saturated heterocycles. The predicted molar refractivity (Wildman–Crippen MR) is 56.4 cm³/mol. The van der Waals surface area contributed by atoms with Crippen molar-refractivity contribution >= 4 is 12.4 Å². The van der Waals surface area contributed by atoms with E-state index in [0.29, 0.717) is 31.1 Å². The second kappa shape index (κ2) is 4.21. The molecule has 1 N–H and O–H groups in total. The third-order valence-corrected chi connectivity index (χ3v) is 3.41. The Kier molecular flexibility index (Phi) is 3.37. The van der Waals surface area contributed by atoms with Gasteiger partial charge in [-0.15, -0.1) is 0 Å². The van der Waals surface area contributed by atoms with Crippen molar-refractivity contribution in [2.75, 3.05) is 7.05 Å². The number of carboxylic acids is 1. The first-order valence-electron chi connectivity index (χ1n) is 5.34. The van der Waals surface area contributed by atoms with E-state index < -0.39 is 11.5 Å². The molecule has 4 nitrogen and oxygen atoms in total. The van der Waals surface area contributed by atoms with E-state index >= 15 is 0 Å². The molecular weight excluding hydrogens is 194 g/mol. The molecule has 0 aromatic carbocycles. The molecule has 15 heavy (non-hydrogen) atoms. The minimum atomic E-state index is -0.987. The van der Waals surface area contributed by atoms with E-state index in [9.17, 15) is 14.7 Å². The summed E-state index contributed by atoms with van der Waals surface area (Å²) in [7, 11) is 1.56. The summed E-state index contributed by atoms with van der Waals surface area (Å²) in [6.45, 7) is 4.10. The standard InChI is InChI=1S/C11H19NO3/c1-8-4-9(2)6-11(5-8,10(14)15)12(3)7-13/h7-9H,4-6H2,1-3H3,(H,14,15). The summed E-state index contributed by atoms with van der Waals surface area (Å²) in [6.07, 6.45) is 2.78. The fraction of sp³-hybridized carbons (Fsp3) is 0.818. The first kappa shape index (κ1) is 12.0. The van der Waals surface area contributed by atoms with E-state index in [2.05, 4.69) is 0 Å². The Morgan fingerprint density at radius 3 is 2.20 bits per heavy atom. The zero-order chi connectivity index (χ0) is 11.6. The molecule has 0 spiro atoms. The molecular formula is C11H19NO3. The van der Waals surface area contributed by atoms with Crippen LogP contribution < -0.4 is 0 Å². The number of carboxylic acid groups (broad SMARTS) is 1. The molecule has 4 heteroatoms. The number of carbonyl (C=O) groups is 2. The first-order valence-corrected chi connectivity index (χ1v) is 5.34. The normalized spacial score (nSPS) is 35.9. The minimum absolute atomic E-state index is 0.354. The third kappa shape index (κ3) is 2.13. The number of likely N-dealkylation sites (N-methyl/N-ethyl adjacent to an activating group) is 1. The summed E-state index contributed by atoms with van der Waals surface area (Å²) in [5, 5.41) is 9.33. The van der Waals surface area contributed by atoms with Crippen molar-refractivity contribution < 1.29 is 14.7 Å². The average molecular weight is 213 g/mol. The van der Waals surface area contributed by atoms with E-state index in [-0.39, 0.29) is 0 Å². The van der Waals surface area contributed by atoms with Gasteiger partial charge in [-0.05, 0) is 31.1 Å². The first-order chi connectivity index (χ1) is 6.92. The van der Waals surface area contributed by atoms with E-state index in [1.807, 2.05) is 13.8 Å². The predicted octanol–water partition coefficient (Wildman–Crippen LogP) is 1.35. The maximum absolute atomic E-state index is 11.4. The van der Waals surface area contributed by atoms with Crippen LogP contribution in [0.1, 0.15) is 33.1 Å². The fourth-order valence-corrected chi connectivity index (χ4v) is 2.80. The van der Waals surface area contributed by atoms with E-state index in [1.54, 1.807) is 7.05 Å². The van der Waals surface area contributed by atoms with Crippen LogP contribution in [-0.4, -0.2) is 35.0 Å². The van der Waals surface area contributed by atoms with Gasteiger partial charge in [0.15, 0.2) is 0 Å². The zero-order valence-electron chi connectivity index (χ0n) is 9.56. The lowest BCUT2D eigenvalue weighted by molar-refractivity contribution is -0.158. The van der Waals surface area contributed by atoms with Crippen LogP contribution in [0.5, 0.6) is 0 Å². The molecule has 2 atom stereocenters. The van der Waals surface area contributed by atoms with Gasteiger partial charge in [-0.25, -0.2) is 4.79 Å². The van der Waals surface area contributed by atoms with Gasteiger partial charge in [0, 0.05) is 7.05 Å². The highest BCUT2D eigenvalue weighted by atomic mass is 16.4. The Balaban J connectivity index is 2.99. The topological polar surface area (TPSA) is 57.6 Å². The van der Waals surface area contributed by atoms with Crippen molar-refractivity contribution in [1.82, 2.24) is 4.90 Å². The molecule has 1 amide bonds. The van der Waals surface area contributed by atoms with Crippen LogP contribution in [0.25, 0.3) is 0 Å². The fourth-order valence-electron chi connectivity index (χ4n) is 2.80. The number of amides is 1. The van der Waals surface area contributed by atoms with Crippen molar-refractivity contribution in [3.63, 3.8) is 0 Å². The number of aliphatic carboxylic acids is 1. The van der Waals surface area contributed by atoms with Crippen LogP contribution in [0.15, 0.2) is 0 Å². The molecule has 0 bridgehead atoms. The summed E-state index contributed by atoms with van der Waals surface area (Å²) >= 11 is 0. The van der Waals surface area contributed by atoms with Gasteiger partial charge in [0.25, 0.3) is 0 Å². The van der Waals surface area contributed by atoms with Crippen molar-refractivity contribution in [2.45, 2.75) is 38.6 Å². The van der Waals surface area contributed by atoms with E-state index in [1.165, 1.54) is 4.90 Å². The summed E-state index contributed by atoms with van der Waals surface area (Å²) in [4.78, 5) is 23.5. The summed E-state index contributed by atoms with van der Waals surface area (Å²) in [5.41, 5.74) is -0.987. The smallest absolute Gasteiger partial charge is 0.329 e. The lowest BCUT2D eigenvalue weighted by Crippen LogP contribution is -2.56. The minimum Gasteiger partial charge on any atom is -0.479 e. The highest BCUT2D eigenvalue weighted by Crippen LogP contribution is 2.39. The number of hydrogen-bond acceptors (Lipinski definition) is 2. The number of rotatable bonds is 3. The van der Waals surface area contributed by atoms with Gasteiger partial charge in [-0.1, -0.05) is 13.8 Å². The van der Waals surface area contributed by atoms with Crippen LogP contribution in [-0.2, 0) is 9.59 Å². The molecule has 1 aliphatic carbocycles. The van der Waals surface area contributed by atoms with Gasteiger partial charge in [0.2, 0.25) is 6.41 Å². The number of carbonyl (C=O) groups excluding carboxylic acids is 1. The Morgan fingerprint density at radius 1 is 1.40 bits per heavy atom. The lowest BCUT2D eigenvalue weighted by Gasteiger charge is -2.43. The molecule has 0 radical (unpaired) electrons. The second-order valence-corrected chi connectivity index (χ2v) is 4.91. The summed E-state index contributed by atoms with van der Waals surface area (Å²) in [5.74, 6) is -0.171. The average Bonchev–Trinajstić information content (AvgIpc) is 2.14. The quantitative estimate of drug-likeness (QED) is 0.720. The molecule has 0 heterocycles. The Labute approximate surface area is 90.3 Å². The van der Waals surface area contributed by atoms with Gasteiger partial charge in [-0.2, -0.15) is 0 Å². The molecule has 0 aromatic rings. The van der Waals surface area contributed by atoms with Crippen molar-refractivity contribution in [1.29, 1.82) is 0 Å². The van der Waals surface area contributed by atoms with Crippen molar-refractivity contribution in [3.05, 3.63) is 0 Å². The monoisotopic (exact) mass is 213 g/mol. The summed E-state index contributed by atoms with van der Waals surface area (Å²) < 4.78 is 0. The van der Waals surface area contributed by atoms with Gasteiger partial charge >= 0.3 is 5.97 Å². The van der Waals surface area contributed by atoms with E-state index in [0.717, 1.165) is 6.42 Å². The number of hydrogen-bond donors (Lipinski definition) is 1. The molecule has 1 rings (SSSR count). The van der Waals surface area contributed by atoms with Crippen LogP contribution in [0.4, 0.5) is 0 Å². The third-order valence-electron chi connectivity index (χ3n) is 3.41. The Bertz CT molecular complexity index is 255. The molecule has 2 unspecified atom stereocenters. The maximum atomic E-state index is 11.4. The summed E-state index contributed by atoms with van der Waals surface area (Å²) in [6, 6.07) is 0. The zero-order valence-corrected chi connectivity index (χ0v) is 9.56. The van der Waals surface area contributed by atoms with Crippen LogP contribution in [0.2, 0.25) is 0 Å². The van der Waals surface area contributed by atoms with Crippen molar-refractivity contribution in [2.24, 2.45) is 11.8 Å². The Morgan fingerprint density at radius 2 is 1.87 bits per heavy atom. The van der Waals surface area contributed by atoms with Gasteiger partial charge in [-0.3, -0.25) is 4.79 Å². The highest BCUT2D eigenvalue weighted by molar-refractivity contribution is 5.81. The van der Waals surface area contributed by atoms with Gasteiger partial charge in [0.1, 0.15) is 5.54 Å². The Hall–Kier alpha value is -1.06. The van der Waals surface area contributed by atoms with Gasteiger partial charge in [0.05, 0.1) is 0 Å². The molecule has 1 aliphatic rings. The number of nitrogens with zero attached hydrogens (tertiary/aromatic N) is 1. The largest absolute Gasteiger partial charge is 0.479 e. The maximum Gasteiger partial charge on any atom is 0.329 e. The molecule has 1 saturated carbocycles. The lowest BCUT2D eigenvalue weighted by atomic mass is 9.71. The molecule has 86 valence electrons. The van der Waals surface area contributed by atoms with Crippen LogP contribution >= 0.6 is 0 Å². The van der Waals surface area contributed by atoms with E-state index in [4.69, 9.17) is 0 Å². The molecule has 1 fully saturated rings.